The zero-order chi connectivity index (χ0) is 13.5. The Morgan fingerprint density at radius 1 is 1.42 bits per heavy atom. The molecular weight excluding hydrogens is 264 g/mol. The molecule has 0 bridgehead atoms. The molecule has 0 saturated carbocycles. The van der Waals surface area contributed by atoms with E-state index in [2.05, 4.69) is 0 Å². The number of nitrogens with zero attached hydrogens (tertiary/aromatic N) is 1. The van der Waals surface area contributed by atoms with Gasteiger partial charge in [0, 0.05) is 20.2 Å². The number of likely N-dealkylation sites (N-methyl/N-ethyl adjacent to an activating group) is 1. The van der Waals surface area contributed by atoms with Gasteiger partial charge in [-0.3, -0.25) is 4.79 Å². The molecule has 0 radical (unpaired) electrons. The molecule has 0 aliphatic rings. The molecule has 1 atom stereocenters. The van der Waals surface area contributed by atoms with Gasteiger partial charge in [0.05, 0.1) is 6.61 Å². The summed E-state index contributed by atoms with van der Waals surface area (Å²) in [5, 5.41) is 0. The molecule has 0 aliphatic heterocycles. The second kappa shape index (κ2) is 8.91. The fourth-order valence-corrected chi connectivity index (χ4v) is 1.82. The Morgan fingerprint density at radius 3 is 2.58 bits per heavy atom. The lowest BCUT2D eigenvalue weighted by atomic mass is 10.1. The molecule has 1 aromatic carbocycles. The van der Waals surface area contributed by atoms with E-state index in [-0.39, 0.29) is 24.9 Å². The summed E-state index contributed by atoms with van der Waals surface area (Å²) in [7, 11) is 1.55. The van der Waals surface area contributed by atoms with Gasteiger partial charge in [-0.25, -0.2) is 0 Å². The van der Waals surface area contributed by atoms with Crippen LogP contribution in [0.3, 0.4) is 0 Å². The zero-order valence-electron chi connectivity index (χ0n) is 11.8. The molecule has 0 saturated heterocycles. The van der Waals surface area contributed by atoms with Gasteiger partial charge in [0.1, 0.15) is 6.04 Å². The third-order valence-corrected chi connectivity index (χ3v) is 2.98. The fourth-order valence-electron chi connectivity index (χ4n) is 1.82. The Hall–Kier alpha value is -1.10. The molecule has 1 amide bonds. The highest BCUT2D eigenvalue weighted by Gasteiger charge is 2.20. The van der Waals surface area contributed by atoms with Crippen molar-refractivity contribution < 1.29 is 9.53 Å². The first-order valence-corrected chi connectivity index (χ1v) is 6.18. The van der Waals surface area contributed by atoms with E-state index in [0.29, 0.717) is 13.1 Å². The number of benzene rings is 1. The predicted octanol–water partition coefficient (Wildman–Crippen LogP) is 1.74. The van der Waals surface area contributed by atoms with Crippen LogP contribution >= 0.6 is 12.4 Å². The summed E-state index contributed by atoms with van der Waals surface area (Å²) >= 11 is 0. The molecule has 0 aliphatic carbocycles. The molecule has 19 heavy (non-hydrogen) atoms. The number of carbonyl (C=O) groups excluding carboxylic acids is 1. The summed E-state index contributed by atoms with van der Waals surface area (Å²) in [4.78, 5) is 13.9. The number of hydrogen-bond donors (Lipinski definition) is 1. The summed E-state index contributed by atoms with van der Waals surface area (Å²) in [5.74, 6) is -0.0670. The minimum Gasteiger partial charge on any atom is -0.383 e. The van der Waals surface area contributed by atoms with Crippen LogP contribution in [0, 0.1) is 6.92 Å². The van der Waals surface area contributed by atoms with Crippen LogP contribution in [0.4, 0.5) is 0 Å². The van der Waals surface area contributed by atoms with Crippen molar-refractivity contribution in [2.75, 3.05) is 20.3 Å². The Morgan fingerprint density at radius 2 is 2.05 bits per heavy atom. The largest absolute Gasteiger partial charge is 0.383 e. The summed E-state index contributed by atoms with van der Waals surface area (Å²) in [6.07, 6.45) is 0. The summed E-state index contributed by atoms with van der Waals surface area (Å²) < 4.78 is 4.92. The number of nitrogens with two attached hydrogens (primary N) is 1. The normalized spacial score (nSPS) is 11.6. The van der Waals surface area contributed by atoms with E-state index in [1.165, 1.54) is 5.56 Å². The van der Waals surface area contributed by atoms with Crippen molar-refractivity contribution in [1.82, 2.24) is 4.90 Å². The standard InChI is InChI=1S/C14H22N2O2.ClH/c1-4-16(14(17)13(15)10-18-3)9-12-8-6-5-7-11(12)2;/h5-8,13H,4,9-10,15H2,1-3H3;1H. The van der Waals surface area contributed by atoms with E-state index in [9.17, 15) is 4.79 Å². The van der Waals surface area contributed by atoms with Gasteiger partial charge in [-0.1, -0.05) is 24.3 Å². The first-order valence-electron chi connectivity index (χ1n) is 6.18. The topological polar surface area (TPSA) is 55.6 Å². The maximum absolute atomic E-state index is 12.1. The smallest absolute Gasteiger partial charge is 0.242 e. The number of aryl methyl sites for hydroxylation is 1. The maximum Gasteiger partial charge on any atom is 0.242 e. The van der Waals surface area contributed by atoms with Crippen LogP contribution in [0.1, 0.15) is 18.1 Å². The zero-order valence-corrected chi connectivity index (χ0v) is 12.6. The van der Waals surface area contributed by atoms with Crippen LogP contribution < -0.4 is 5.73 Å². The van der Waals surface area contributed by atoms with Crippen LogP contribution in [0.15, 0.2) is 24.3 Å². The van der Waals surface area contributed by atoms with Crippen molar-refractivity contribution in [3.8, 4) is 0 Å². The Labute approximate surface area is 121 Å². The van der Waals surface area contributed by atoms with Crippen molar-refractivity contribution in [2.24, 2.45) is 5.73 Å². The first-order chi connectivity index (χ1) is 8.60. The van der Waals surface area contributed by atoms with E-state index in [1.807, 2.05) is 38.1 Å². The molecule has 1 rings (SSSR count). The first kappa shape index (κ1) is 17.9. The number of ether oxygens (including phenoxy) is 1. The maximum atomic E-state index is 12.1. The molecule has 108 valence electrons. The van der Waals surface area contributed by atoms with Crippen LogP contribution in [0.25, 0.3) is 0 Å². The van der Waals surface area contributed by atoms with Crippen molar-refractivity contribution in [3.05, 3.63) is 35.4 Å². The molecule has 0 aromatic heterocycles. The summed E-state index contributed by atoms with van der Waals surface area (Å²) in [6, 6.07) is 7.47. The SMILES string of the molecule is CCN(Cc1ccccc1C)C(=O)C(N)COC.Cl. The van der Waals surface area contributed by atoms with Gasteiger partial charge in [0.15, 0.2) is 0 Å². The van der Waals surface area contributed by atoms with Gasteiger partial charge in [0.2, 0.25) is 5.91 Å². The fraction of sp³-hybridized carbons (Fsp3) is 0.500. The van der Waals surface area contributed by atoms with Crippen LogP contribution in [-0.4, -0.2) is 37.1 Å². The number of amides is 1. The molecular formula is C14H23ClN2O2. The molecule has 2 N–H and O–H groups in total. The molecule has 1 unspecified atom stereocenters. The second-order valence-electron chi connectivity index (χ2n) is 4.34. The van der Waals surface area contributed by atoms with Gasteiger partial charge in [-0.15, -0.1) is 12.4 Å². The van der Waals surface area contributed by atoms with Gasteiger partial charge < -0.3 is 15.4 Å². The van der Waals surface area contributed by atoms with Crippen molar-refractivity contribution in [3.63, 3.8) is 0 Å². The van der Waals surface area contributed by atoms with Crippen LogP contribution in [-0.2, 0) is 16.1 Å². The van der Waals surface area contributed by atoms with Crippen LogP contribution in [0.5, 0.6) is 0 Å². The van der Waals surface area contributed by atoms with E-state index < -0.39 is 6.04 Å². The quantitative estimate of drug-likeness (QED) is 0.867. The van der Waals surface area contributed by atoms with Gasteiger partial charge in [-0.05, 0) is 25.0 Å². The van der Waals surface area contributed by atoms with Crippen molar-refractivity contribution in [1.29, 1.82) is 0 Å². The van der Waals surface area contributed by atoms with Crippen LogP contribution in [0.2, 0.25) is 0 Å². The third-order valence-electron chi connectivity index (χ3n) is 2.98. The van der Waals surface area contributed by atoms with Gasteiger partial charge in [-0.2, -0.15) is 0 Å². The highest BCUT2D eigenvalue weighted by molar-refractivity contribution is 5.85. The van der Waals surface area contributed by atoms with E-state index in [1.54, 1.807) is 12.0 Å². The Kier molecular flexibility index (Phi) is 8.39. The minimum absolute atomic E-state index is 0. The third kappa shape index (κ3) is 5.19. The summed E-state index contributed by atoms with van der Waals surface area (Å²) in [5.41, 5.74) is 8.11. The lowest BCUT2D eigenvalue weighted by Crippen LogP contribution is -2.45. The predicted molar refractivity (Wildman–Crippen MR) is 79.4 cm³/mol. The number of methoxy groups -OCH3 is 1. The van der Waals surface area contributed by atoms with Crippen molar-refractivity contribution >= 4 is 18.3 Å². The van der Waals surface area contributed by atoms with Gasteiger partial charge >= 0.3 is 0 Å². The molecule has 1 aromatic rings. The van der Waals surface area contributed by atoms with E-state index in [4.69, 9.17) is 10.5 Å². The van der Waals surface area contributed by atoms with E-state index in [0.717, 1.165) is 5.56 Å². The minimum atomic E-state index is -0.584. The lowest BCUT2D eigenvalue weighted by Gasteiger charge is -2.24. The monoisotopic (exact) mass is 286 g/mol. The molecule has 4 nitrogen and oxygen atoms in total. The second-order valence-corrected chi connectivity index (χ2v) is 4.34. The summed E-state index contributed by atoms with van der Waals surface area (Å²) in [6.45, 7) is 5.49. The lowest BCUT2D eigenvalue weighted by molar-refractivity contribution is -0.134. The molecule has 0 spiro atoms. The average molecular weight is 287 g/mol. The van der Waals surface area contributed by atoms with Crippen molar-refractivity contribution in [2.45, 2.75) is 26.4 Å². The Balaban J connectivity index is 0.00000324. The molecule has 0 fully saturated rings. The average Bonchev–Trinajstić information content (AvgIpc) is 2.37. The molecule has 5 heteroatoms. The highest BCUT2D eigenvalue weighted by Crippen LogP contribution is 2.11. The number of carbonyl (C=O) groups is 1. The highest BCUT2D eigenvalue weighted by atomic mass is 35.5. The molecule has 0 heterocycles. The van der Waals surface area contributed by atoms with Gasteiger partial charge in [0.25, 0.3) is 0 Å². The number of rotatable bonds is 6. The number of halogens is 1. The Bertz CT molecular complexity index is 399. The number of hydrogen-bond acceptors (Lipinski definition) is 3. The van der Waals surface area contributed by atoms with E-state index >= 15 is 0 Å².